The minimum atomic E-state index is 0. The summed E-state index contributed by atoms with van der Waals surface area (Å²) in [6.07, 6.45) is 5.40. The number of halogens is 3. The molecule has 0 bridgehead atoms. The number of amides is 1. The third-order valence-corrected chi connectivity index (χ3v) is 4.62. The predicted octanol–water partition coefficient (Wildman–Crippen LogP) is 4.46. The van der Waals surface area contributed by atoms with E-state index < -0.39 is 0 Å². The second-order valence-electron chi connectivity index (χ2n) is 6.11. The van der Waals surface area contributed by atoms with Crippen molar-refractivity contribution in [3.8, 4) is 11.1 Å². The smallest absolute Gasteiger partial charge is 0.255 e. The fourth-order valence-corrected chi connectivity index (χ4v) is 3.25. The van der Waals surface area contributed by atoms with E-state index in [-0.39, 0.29) is 36.8 Å². The number of benzene rings is 1. The lowest BCUT2D eigenvalue weighted by molar-refractivity contribution is 0.0692. The SMILES string of the molecule is CCCN(C(=O)c1cncc(-c2ccc(Cl)cc2)c1)C1CCNC1.Cl.Cl. The summed E-state index contributed by atoms with van der Waals surface area (Å²) < 4.78 is 0. The molecule has 1 N–H and O–H groups in total. The van der Waals surface area contributed by atoms with Crippen LogP contribution < -0.4 is 5.32 Å². The molecule has 1 unspecified atom stereocenters. The maximum atomic E-state index is 13.0. The van der Waals surface area contributed by atoms with Crippen molar-refractivity contribution in [1.29, 1.82) is 0 Å². The Hall–Kier alpha value is -1.33. The van der Waals surface area contributed by atoms with Crippen molar-refractivity contribution in [3.05, 3.63) is 53.3 Å². The topological polar surface area (TPSA) is 45.2 Å². The van der Waals surface area contributed by atoms with Crippen molar-refractivity contribution >= 4 is 42.3 Å². The van der Waals surface area contributed by atoms with E-state index in [1.54, 1.807) is 12.4 Å². The molecular formula is C19H24Cl3N3O. The summed E-state index contributed by atoms with van der Waals surface area (Å²) >= 11 is 5.95. The highest BCUT2D eigenvalue weighted by Gasteiger charge is 2.26. The molecule has 1 aromatic carbocycles. The first-order valence-corrected chi connectivity index (χ1v) is 8.79. The number of carbonyl (C=O) groups is 1. The van der Waals surface area contributed by atoms with Gasteiger partial charge in [0.05, 0.1) is 5.56 Å². The third-order valence-electron chi connectivity index (χ3n) is 4.36. The van der Waals surface area contributed by atoms with Crippen molar-refractivity contribution in [2.24, 2.45) is 0 Å². The Kier molecular flexibility index (Phi) is 9.37. The summed E-state index contributed by atoms with van der Waals surface area (Å²) in [4.78, 5) is 19.3. The zero-order valence-corrected chi connectivity index (χ0v) is 17.0. The maximum absolute atomic E-state index is 13.0. The molecule has 26 heavy (non-hydrogen) atoms. The van der Waals surface area contributed by atoms with E-state index in [4.69, 9.17) is 11.6 Å². The van der Waals surface area contributed by atoms with E-state index >= 15 is 0 Å². The number of pyridine rings is 1. The lowest BCUT2D eigenvalue weighted by Gasteiger charge is -2.28. The summed E-state index contributed by atoms with van der Waals surface area (Å²) in [5, 5.41) is 4.03. The van der Waals surface area contributed by atoms with Gasteiger partial charge in [0.15, 0.2) is 0 Å². The van der Waals surface area contributed by atoms with Gasteiger partial charge in [-0.1, -0.05) is 30.7 Å². The normalized spacial score (nSPS) is 15.7. The molecule has 3 rings (SSSR count). The van der Waals surface area contributed by atoms with Crippen molar-refractivity contribution in [2.75, 3.05) is 19.6 Å². The Morgan fingerprint density at radius 3 is 2.58 bits per heavy atom. The largest absolute Gasteiger partial charge is 0.334 e. The molecule has 2 heterocycles. The summed E-state index contributed by atoms with van der Waals surface area (Å²) in [5.74, 6) is 0.0638. The first-order valence-electron chi connectivity index (χ1n) is 8.41. The van der Waals surface area contributed by atoms with Crippen LogP contribution in [0.5, 0.6) is 0 Å². The van der Waals surface area contributed by atoms with E-state index in [0.29, 0.717) is 10.6 Å². The van der Waals surface area contributed by atoms with Crippen molar-refractivity contribution in [3.63, 3.8) is 0 Å². The Balaban J connectivity index is 0.00000169. The third kappa shape index (κ3) is 5.34. The van der Waals surface area contributed by atoms with E-state index in [1.165, 1.54) is 0 Å². The van der Waals surface area contributed by atoms with Crippen LogP contribution in [0.2, 0.25) is 5.02 Å². The molecule has 0 aliphatic carbocycles. The Morgan fingerprint density at radius 1 is 1.23 bits per heavy atom. The molecule has 1 fully saturated rings. The molecule has 0 saturated carbocycles. The Morgan fingerprint density at radius 2 is 1.96 bits per heavy atom. The van der Waals surface area contributed by atoms with Gasteiger partial charge in [0.1, 0.15) is 0 Å². The molecule has 7 heteroatoms. The van der Waals surface area contributed by atoms with Crippen molar-refractivity contribution < 1.29 is 4.79 Å². The first-order chi connectivity index (χ1) is 11.7. The number of nitrogens with zero attached hydrogens (tertiary/aromatic N) is 2. The van der Waals surface area contributed by atoms with Gasteiger partial charge >= 0.3 is 0 Å². The molecule has 1 aromatic heterocycles. The molecule has 1 atom stereocenters. The van der Waals surface area contributed by atoms with Crippen LogP contribution in [-0.4, -0.2) is 41.5 Å². The molecule has 2 aromatic rings. The molecule has 1 aliphatic rings. The number of hydrogen-bond acceptors (Lipinski definition) is 3. The molecule has 1 saturated heterocycles. The van der Waals surface area contributed by atoms with Crippen LogP contribution in [0.4, 0.5) is 0 Å². The highest BCUT2D eigenvalue weighted by atomic mass is 35.5. The van der Waals surface area contributed by atoms with E-state index in [2.05, 4.69) is 17.2 Å². The fourth-order valence-electron chi connectivity index (χ4n) is 3.12. The van der Waals surface area contributed by atoms with E-state index in [1.807, 2.05) is 35.2 Å². The van der Waals surface area contributed by atoms with Gasteiger partial charge in [0.2, 0.25) is 0 Å². The van der Waals surface area contributed by atoms with Gasteiger partial charge in [-0.15, -0.1) is 24.8 Å². The lowest BCUT2D eigenvalue weighted by atomic mass is 10.0. The summed E-state index contributed by atoms with van der Waals surface area (Å²) in [6, 6.07) is 9.77. The number of nitrogens with one attached hydrogen (secondary N) is 1. The number of carbonyl (C=O) groups excluding carboxylic acids is 1. The summed E-state index contributed by atoms with van der Waals surface area (Å²) in [5.41, 5.74) is 2.58. The second kappa shape index (κ2) is 10.7. The average Bonchev–Trinajstić information content (AvgIpc) is 3.14. The zero-order chi connectivity index (χ0) is 16.9. The zero-order valence-electron chi connectivity index (χ0n) is 14.7. The fraction of sp³-hybridized carbons (Fsp3) is 0.368. The van der Waals surface area contributed by atoms with E-state index in [0.717, 1.165) is 43.6 Å². The van der Waals surface area contributed by atoms with Crippen LogP contribution in [0.25, 0.3) is 11.1 Å². The molecule has 1 aliphatic heterocycles. The Labute approximate surface area is 172 Å². The first kappa shape index (κ1) is 22.7. The van der Waals surface area contributed by atoms with Gasteiger partial charge in [-0.2, -0.15) is 0 Å². The van der Waals surface area contributed by atoms with Gasteiger partial charge in [-0.3, -0.25) is 9.78 Å². The molecule has 0 spiro atoms. The van der Waals surface area contributed by atoms with Crippen molar-refractivity contribution in [1.82, 2.24) is 15.2 Å². The molecule has 4 nitrogen and oxygen atoms in total. The number of aromatic nitrogens is 1. The van der Waals surface area contributed by atoms with Gasteiger partial charge in [-0.05, 0) is 43.1 Å². The summed E-state index contributed by atoms with van der Waals surface area (Å²) in [6.45, 7) is 4.72. The molecule has 0 radical (unpaired) electrons. The Bertz CT molecular complexity index is 703. The molecular weight excluding hydrogens is 393 g/mol. The van der Waals surface area contributed by atoms with Gasteiger partial charge in [0.25, 0.3) is 5.91 Å². The van der Waals surface area contributed by atoms with Crippen LogP contribution in [0.1, 0.15) is 30.1 Å². The summed E-state index contributed by atoms with van der Waals surface area (Å²) in [7, 11) is 0. The molecule has 1 amide bonds. The monoisotopic (exact) mass is 415 g/mol. The predicted molar refractivity (Wildman–Crippen MR) is 112 cm³/mol. The van der Waals surface area contributed by atoms with Crippen LogP contribution in [-0.2, 0) is 0 Å². The quantitative estimate of drug-likeness (QED) is 0.782. The minimum Gasteiger partial charge on any atom is -0.334 e. The van der Waals surface area contributed by atoms with Crippen LogP contribution >= 0.6 is 36.4 Å². The highest BCUT2D eigenvalue weighted by molar-refractivity contribution is 6.30. The minimum absolute atomic E-state index is 0. The lowest BCUT2D eigenvalue weighted by Crippen LogP contribution is -2.42. The van der Waals surface area contributed by atoms with Crippen LogP contribution in [0.3, 0.4) is 0 Å². The van der Waals surface area contributed by atoms with Crippen LogP contribution in [0.15, 0.2) is 42.7 Å². The average molecular weight is 417 g/mol. The van der Waals surface area contributed by atoms with Gasteiger partial charge in [0, 0.05) is 42.1 Å². The highest BCUT2D eigenvalue weighted by Crippen LogP contribution is 2.23. The number of rotatable bonds is 5. The van der Waals surface area contributed by atoms with Gasteiger partial charge in [-0.25, -0.2) is 0 Å². The van der Waals surface area contributed by atoms with Crippen LogP contribution in [0, 0.1) is 0 Å². The second-order valence-corrected chi connectivity index (χ2v) is 6.55. The molecule has 142 valence electrons. The maximum Gasteiger partial charge on any atom is 0.255 e. The standard InChI is InChI=1S/C19H22ClN3O.2ClH/c1-2-9-23(18-7-8-21-13-18)19(24)16-10-15(11-22-12-16)14-3-5-17(20)6-4-14;;/h3-6,10-12,18,21H,2,7-9,13H2,1H3;2*1H. The van der Waals surface area contributed by atoms with Gasteiger partial charge < -0.3 is 10.2 Å². The van der Waals surface area contributed by atoms with Crippen molar-refractivity contribution in [2.45, 2.75) is 25.8 Å². The number of hydrogen-bond donors (Lipinski definition) is 1. The van der Waals surface area contributed by atoms with E-state index in [9.17, 15) is 4.79 Å².